The molecule has 2 N–H and O–H groups in total. The molecule has 74 valence electrons. The maximum Gasteiger partial charge on any atom is 0.116 e. The molecule has 1 heterocycles. The highest BCUT2D eigenvalue weighted by molar-refractivity contribution is 5.85. The van der Waals surface area contributed by atoms with Crippen molar-refractivity contribution < 1.29 is 5.11 Å². The average Bonchev–Trinajstić information content (AvgIpc) is 2.59. The first-order chi connectivity index (χ1) is 6.72. The number of aromatic hydroxyl groups is 1. The van der Waals surface area contributed by atoms with Crippen LogP contribution in [0.5, 0.6) is 5.75 Å². The van der Waals surface area contributed by atoms with Gasteiger partial charge in [-0.15, -0.1) is 0 Å². The van der Waals surface area contributed by atoms with Crippen molar-refractivity contribution in [2.75, 3.05) is 0 Å². The van der Waals surface area contributed by atoms with Gasteiger partial charge in [0.2, 0.25) is 0 Å². The number of rotatable bonds is 2. The highest BCUT2D eigenvalue weighted by Crippen LogP contribution is 2.29. The molecule has 0 spiro atoms. The highest BCUT2D eigenvalue weighted by atomic mass is 16.3. The zero-order valence-electron chi connectivity index (χ0n) is 8.54. The van der Waals surface area contributed by atoms with E-state index in [0.717, 1.165) is 17.3 Å². The van der Waals surface area contributed by atoms with Gasteiger partial charge < -0.3 is 10.1 Å². The number of nitrogens with one attached hydrogen (secondary N) is 1. The van der Waals surface area contributed by atoms with Crippen molar-refractivity contribution in [2.45, 2.75) is 26.2 Å². The molecule has 1 atom stereocenters. The van der Waals surface area contributed by atoms with Gasteiger partial charge in [-0.2, -0.15) is 0 Å². The number of phenolic OH excluding ortho intramolecular Hbond substituents is 1. The lowest BCUT2D eigenvalue weighted by Gasteiger charge is -2.06. The van der Waals surface area contributed by atoms with E-state index in [1.54, 1.807) is 6.07 Å². The molecule has 0 aliphatic rings. The first-order valence-corrected chi connectivity index (χ1v) is 5.02. The van der Waals surface area contributed by atoms with E-state index in [-0.39, 0.29) is 0 Å². The highest BCUT2D eigenvalue weighted by Gasteiger charge is 2.09. The molecular formula is C12H15NO. The van der Waals surface area contributed by atoms with Crippen LogP contribution in [0.2, 0.25) is 0 Å². The van der Waals surface area contributed by atoms with Crippen LogP contribution in [0.15, 0.2) is 24.4 Å². The van der Waals surface area contributed by atoms with Gasteiger partial charge in [0.25, 0.3) is 0 Å². The van der Waals surface area contributed by atoms with E-state index in [9.17, 15) is 5.11 Å². The van der Waals surface area contributed by atoms with E-state index in [4.69, 9.17) is 0 Å². The van der Waals surface area contributed by atoms with Gasteiger partial charge >= 0.3 is 0 Å². The van der Waals surface area contributed by atoms with Gasteiger partial charge in [0.15, 0.2) is 0 Å². The van der Waals surface area contributed by atoms with Gasteiger partial charge in [-0.25, -0.2) is 0 Å². The average molecular weight is 189 g/mol. The molecule has 2 aromatic rings. The van der Waals surface area contributed by atoms with Crippen molar-refractivity contribution in [2.24, 2.45) is 0 Å². The zero-order chi connectivity index (χ0) is 10.1. The minimum Gasteiger partial charge on any atom is -0.508 e. The second-order valence-corrected chi connectivity index (χ2v) is 3.78. The Hall–Kier alpha value is -1.44. The Kier molecular flexibility index (Phi) is 2.20. The van der Waals surface area contributed by atoms with Crippen LogP contribution in [0.4, 0.5) is 0 Å². The smallest absolute Gasteiger partial charge is 0.116 e. The minimum atomic E-state index is 0.335. The molecule has 0 amide bonds. The molecule has 2 nitrogen and oxygen atoms in total. The van der Waals surface area contributed by atoms with Crippen LogP contribution in [0, 0.1) is 0 Å². The molecule has 0 saturated carbocycles. The van der Waals surface area contributed by atoms with Crippen molar-refractivity contribution in [1.29, 1.82) is 0 Å². The summed E-state index contributed by atoms with van der Waals surface area (Å²) in [5.41, 5.74) is 2.39. The minimum absolute atomic E-state index is 0.335. The van der Waals surface area contributed by atoms with E-state index in [1.807, 2.05) is 18.3 Å². The Morgan fingerprint density at radius 3 is 2.93 bits per heavy atom. The molecular weight excluding hydrogens is 174 g/mol. The SMILES string of the molecule is CCC(C)c1c[nH]c2ccc(O)cc12. The van der Waals surface area contributed by atoms with Crippen molar-refractivity contribution in [3.05, 3.63) is 30.0 Å². The van der Waals surface area contributed by atoms with Crippen LogP contribution in [0.1, 0.15) is 31.7 Å². The van der Waals surface area contributed by atoms with Crippen molar-refractivity contribution >= 4 is 10.9 Å². The number of benzene rings is 1. The fourth-order valence-corrected chi connectivity index (χ4v) is 1.76. The second kappa shape index (κ2) is 3.37. The number of aromatic nitrogens is 1. The molecule has 1 aromatic carbocycles. The lowest BCUT2D eigenvalue weighted by atomic mass is 9.98. The summed E-state index contributed by atoms with van der Waals surface area (Å²) < 4.78 is 0. The third-order valence-electron chi connectivity index (χ3n) is 2.84. The zero-order valence-corrected chi connectivity index (χ0v) is 8.54. The molecule has 2 heteroatoms. The lowest BCUT2D eigenvalue weighted by molar-refractivity contribution is 0.476. The number of hydrogen-bond donors (Lipinski definition) is 2. The van der Waals surface area contributed by atoms with Crippen molar-refractivity contribution in [1.82, 2.24) is 4.98 Å². The molecule has 0 fully saturated rings. The van der Waals surface area contributed by atoms with Crippen LogP contribution in [-0.4, -0.2) is 10.1 Å². The number of H-pyrrole nitrogens is 1. The van der Waals surface area contributed by atoms with Gasteiger partial charge in [0, 0.05) is 17.1 Å². The number of fused-ring (bicyclic) bond motifs is 1. The molecule has 0 aliphatic heterocycles. The Labute approximate surface area is 83.6 Å². The Morgan fingerprint density at radius 1 is 1.43 bits per heavy atom. The molecule has 0 saturated heterocycles. The molecule has 0 aliphatic carbocycles. The molecule has 0 bridgehead atoms. The molecule has 14 heavy (non-hydrogen) atoms. The summed E-state index contributed by atoms with van der Waals surface area (Å²) in [6, 6.07) is 5.45. The summed E-state index contributed by atoms with van der Waals surface area (Å²) >= 11 is 0. The van der Waals surface area contributed by atoms with E-state index in [0.29, 0.717) is 11.7 Å². The monoisotopic (exact) mass is 189 g/mol. The van der Waals surface area contributed by atoms with E-state index in [2.05, 4.69) is 18.8 Å². The van der Waals surface area contributed by atoms with Gasteiger partial charge in [-0.1, -0.05) is 13.8 Å². The predicted molar refractivity (Wildman–Crippen MR) is 58.7 cm³/mol. The maximum absolute atomic E-state index is 9.41. The number of hydrogen-bond acceptors (Lipinski definition) is 1. The van der Waals surface area contributed by atoms with E-state index >= 15 is 0 Å². The molecule has 0 radical (unpaired) electrons. The Morgan fingerprint density at radius 2 is 2.21 bits per heavy atom. The third kappa shape index (κ3) is 1.37. The second-order valence-electron chi connectivity index (χ2n) is 3.78. The third-order valence-corrected chi connectivity index (χ3v) is 2.84. The van der Waals surface area contributed by atoms with Crippen LogP contribution in [0.3, 0.4) is 0 Å². The normalized spacial score (nSPS) is 13.3. The van der Waals surface area contributed by atoms with Crippen molar-refractivity contribution in [3.63, 3.8) is 0 Å². The topological polar surface area (TPSA) is 36.0 Å². The summed E-state index contributed by atoms with van der Waals surface area (Å²) in [6.45, 7) is 4.37. The number of aromatic amines is 1. The summed E-state index contributed by atoms with van der Waals surface area (Å²) in [7, 11) is 0. The first kappa shape index (κ1) is 9.13. The lowest BCUT2D eigenvalue weighted by Crippen LogP contribution is -1.88. The van der Waals surface area contributed by atoms with Crippen LogP contribution >= 0.6 is 0 Å². The van der Waals surface area contributed by atoms with Gasteiger partial charge in [-0.3, -0.25) is 0 Å². The Bertz CT molecular complexity index is 445. The van der Waals surface area contributed by atoms with Crippen LogP contribution in [-0.2, 0) is 0 Å². The quantitative estimate of drug-likeness (QED) is 0.746. The fourth-order valence-electron chi connectivity index (χ4n) is 1.76. The first-order valence-electron chi connectivity index (χ1n) is 5.02. The van der Waals surface area contributed by atoms with Gasteiger partial charge in [0.05, 0.1) is 0 Å². The van der Waals surface area contributed by atoms with Crippen LogP contribution < -0.4 is 0 Å². The molecule has 1 unspecified atom stereocenters. The van der Waals surface area contributed by atoms with E-state index < -0.39 is 0 Å². The summed E-state index contributed by atoms with van der Waals surface area (Å²) in [4.78, 5) is 3.22. The van der Waals surface area contributed by atoms with Gasteiger partial charge in [-0.05, 0) is 36.1 Å². The predicted octanol–water partition coefficient (Wildman–Crippen LogP) is 3.39. The Balaban J connectivity index is 2.61. The fraction of sp³-hybridized carbons (Fsp3) is 0.333. The summed E-state index contributed by atoms with van der Waals surface area (Å²) in [5.74, 6) is 0.868. The van der Waals surface area contributed by atoms with Crippen LogP contribution in [0.25, 0.3) is 10.9 Å². The standard InChI is InChI=1S/C12H15NO/c1-3-8(2)11-7-13-12-5-4-9(14)6-10(11)12/h4-8,13-14H,3H2,1-2H3. The summed E-state index contributed by atoms with van der Waals surface area (Å²) in [5, 5.41) is 10.6. The maximum atomic E-state index is 9.41. The molecule has 2 rings (SSSR count). The van der Waals surface area contributed by atoms with E-state index in [1.165, 1.54) is 5.56 Å². The summed E-state index contributed by atoms with van der Waals surface area (Å²) in [6.07, 6.45) is 3.15. The number of phenols is 1. The van der Waals surface area contributed by atoms with Gasteiger partial charge in [0.1, 0.15) is 5.75 Å². The largest absolute Gasteiger partial charge is 0.508 e. The van der Waals surface area contributed by atoms with Crippen molar-refractivity contribution in [3.8, 4) is 5.75 Å². The molecule has 1 aromatic heterocycles.